The van der Waals surface area contributed by atoms with Crippen LogP contribution in [0.1, 0.15) is 31.8 Å². The van der Waals surface area contributed by atoms with Crippen LogP contribution in [0.3, 0.4) is 0 Å². The monoisotopic (exact) mass is 195 g/mol. The maximum Gasteiger partial charge on any atom is 0.156 e. The van der Waals surface area contributed by atoms with Crippen molar-refractivity contribution in [3.63, 3.8) is 0 Å². The van der Waals surface area contributed by atoms with E-state index in [2.05, 4.69) is 16.9 Å². The van der Waals surface area contributed by atoms with Crippen molar-refractivity contribution in [1.29, 1.82) is 0 Å². The molecule has 0 aliphatic heterocycles. The maximum atomic E-state index is 5.63. The van der Waals surface area contributed by atoms with Crippen LogP contribution in [0.15, 0.2) is 6.07 Å². The highest BCUT2D eigenvalue weighted by Gasteiger charge is 2.01. The molecule has 4 nitrogen and oxygen atoms in total. The Morgan fingerprint density at radius 3 is 2.79 bits per heavy atom. The van der Waals surface area contributed by atoms with E-state index >= 15 is 0 Å². The summed E-state index contributed by atoms with van der Waals surface area (Å²) in [6.07, 6.45) is 1.87. The topological polar surface area (TPSA) is 61.0 Å². The minimum Gasteiger partial charge on any atom is -0.384 e. The van der Waals surface area contributed by atoms with Crippen LogP contribution in [0.2, 0.25) is 0 Å². The average Bonchev–Trinajstić information content (AvgIpc) is 2.17. The van der Waals surface area contributed by atoms with E-state index < -0.39 is 0 Å². The zero-order valence-corrected chi connectivity index (χ0v) is 8.79. The molecule has 0 aliphatic rings. The van der Waals surface area contributed by atoms with Crippen molar-refractivity contribution in [2.75, 3.05) is 12.3 Å². The first-order chi connectivity index (χ1) is 6.76. The Morgan fingerprint density at radius 1 is 1.36 bits per heavy atom. The number of nitrogen functional groups attached to an aromatic ring is 1. The Balaban J connectivity index is 2.62. The summed E-state index contributed by atoms with van der Waals surface area (Å²) < 4.78 is 5.34. The lowest BCUT2D eigenvalue weighted by Gasteiger charge is -2.04. The fourth-order valence-corrected chi connectivity index (χ4v) is 1.13. The molecule has 1 aromatic heterocycles. The molecule has 0 unspecified atom stereocenters. The number of rotatable bonds is 5. The van der Waals surface area contributed by atoms with Gasteiger partial charge in [0.25, 0.3) is 0 Å². The number of nitrogens with zero attached hydrogens (tertiary/aromatic N) is 2. The Morgan fingerprint density at radius 2 is 2.14 bits per heavy atom. The second kappa shape index (κ2) is 5.54. The Labute approximate surface area is 84.5 Å². The summed E-state index contributed by atoms with van der Waals surface area (Å²) in [5.41, 5.74) is 6.60. The van der Waals surface area contributed by atoms with Crippen molar-refractivity contribution < 1.29 is 4.74 Å². The van der Waals surface area contributed by atoms with Gasteiger partial charge in [-0.25, -0.2) is 9.97 Å². The van der Waals surface area contributed by atoms with Gasteiger partial charge in [-0.15, -0.1) is 0 Å². The van der Waals surface area contributed by atoms with Gasteiger partial charge in [0.15, 0.2) is 5.82 Å². The van der Waals surface area contributed by atoms with Crippen LogP contribution in [0.4, 0.5) is 5.82 Å². The van der Waals surface area contributed by atoms with Gasteiger partial charge in [0.2, 0.25) is 0 Å². The van der Waals surface area contributed by atoms with E-state index in [4.69, 9.17) is 10.5 Å². The standard InChI is InChI=1S/C10H17N3O/c1-3-5-14-7-10-12-8(4-2)6-9(11)13-10/h6H,3-5,7H2,1-2H3,(H2,11,12,13). The molecule has 0 bridgehead atoms. The number of nitrogens with two attached hydrogens (primary N) is 1. The molecule has 4 heteroatoms. The van der Waals surface area contributed by atoms with Crippen LogP contribution in [0.25, 0.3) is 0 Å². The van der Waals surface area contributed by atoms with Crippen molar-refractivity contribution in [3.05, 3.63) is 17.6 Å². The van der Waals surface area contributed by atoms with E-state index in [9.17, 15) is 0 Å². The van der Waals surface area contributed by atoms with E-state index in [0.717, 1.165) is 25.1 Å². The third-order valence-corrected chi connectivity index (χ3v) is 1.79. The van der Waals surface area contributed by atoms with Crippen LogP contribution in [-0.2, 0) is 17.8 Å². The van der Waals surface area contributed by atoms with Gasteiger partial charge in [-0.1, -0.05) is 13.8 Å². The smallest absolute Gasteiger partial charge is 0.156 e. The molecule has 78 valence electrons. The van der Waals surface area contributed by atoms with Gasteiger partial charge in [-0.2, -0.15) is 0 Å². The van der Waals surface area contributed by atoms with Gasteiger partial charge in [-0.05, 0) is 12.8 Å². The second-order valence-electron chi connectivity index (χ2n) is 3.11. The van der Waals surface area contributed by atoms with E-state index in [1.165, 1.54) is 0 Å². The minimum absolute atomic E-state index is 0.450. The predicted octanol–water partition coefficient (Wildman–Crippen LogP) is 1.55. The fourth-order valence-electron chi connectivity index (χ4n) is 1.13. The summed E-state index contributed by atoms with van der Waals surface area (Å²) in [6.45, 7) is 5.29. The lowest BCUT2D eigenvalue weighted by Crippen LogP contribution is -2.05. The third kappa shape index (κ3) is 3.30. The van der Waals surface area contributed by atoms with Gasteiger partial charge in [0.1, 0.15) is 12.4 Å². The molecule has 0 spiro atoms. The van der Waals surface area contributed by atoms with Gasteiger partial charge < -0.3 is 10.5 Å². The molecule has 0 saturated carbocycles. The zero-order valence-electron chi connectivity index (χ0n) is 8.79. The molecule has 1 rings (SSSR count). The molecule has 0 aromatic carbocycles. The summed E-state index contributed by atoms with van der Waals surface area (Å²) in [5.74, 6) is 1.20. The average molecular weight is 195 g/mol. The fraction of sp³-hybridized carbons (Fsp3) is 0.600. The quantitative estimate of drug-likeness (QED) is 0.724. The number of ether oxygens (including phenoxy) is 1. The van der Waals surface area contributed by atoms with Gasteiger partial charge in [0.05, 0.1) is 0 Å². The highest BCUT2D eigenvalue weighted by Crippen LogP contribution is 2.04. The molecule has 0 fully saturated rings. The van der Waals surface area contributed by atoms with Crippen molar-refractivity contribution >= 4 is 5.82 Å². The van der Waals surface area contributed by atoms with Crippen molar-refractivity contribution in [2.24, 2.45) is 0 Å². The number of hydrogen-bond donors (Lipinski definition) is 1. The number of aryl methyl sites for hydroxylation is 1. The van der Waals surface area contributed by atoms with Crippen LogP contribution in [0, 0.1) is 0 Å². The van der Waals surface area contributed by atoms with Crippen LogP contribution < -0.4 is 5.73 Å². The second-order valence-corrected chi connectivity index (χ2v) is 3.11. The predicted molar refractivity (Wildman–Crippen MR) is 55.8 cm³/mol. The van der Waals surface area contributed by atoms with Gasteiger partial charge >= 0.3 is 0 Å². The lowest BCUT2D eigenvalue weighted by molar-refractivity contribution is 0.116. The van der Waals surface area contributed by atoms with Crippen LogP contribution in [-0.4, -0.2) is 16.6 Å². The van der Waals surface area contributed by atoms with E-state index in [0.29, 0.717) is 18.2 Å². The number of aromatic nitrogens is 2. The molecule has 0 saturated heterocycles. The molecule has 0 atom stereocenters. The first-order valence-electron chi connectivity index (χ1n) is 4.96. The van der Waals surface area contributed by atoms with Gasteiger partial charge in [-0.3, -0.25) is 0 Å². The molecule has 1 heterocycles. The van der Waals surface area contributed by atoms with Gasteiger partial charge in [0, 0.05) is 18.4 Å². The van der Waals surface area contributed by atoms with Crippen LogP contribution in [0.5, 0.6) is 0 Å². The highest BCUT2D eigenvalue weighted by molar-refractivity contribution is 5.29. The molecule has 0 amide bonds. The molecular weight excluding hydrogens is 178 g/mol. The van der Waals surface area contributed by atoms with E-state index in [1.54, 1.807) is 6.07 Å². The van der Waals surface area contributed by atoms with Crippen molar-refractivity contribution in [3.8, 4) is 0 Å². The summed E-state index contributed by atoms with van der Waals surface area (Å²) in [7, 11) is 0. The number of hydrogen-bond acceptors (Lipinski definition) is 4. The molecular formula is C10H17N3O. The minimum atomic E-state index is 0.450. The maximum absolute atomic E-state index is 5.63. The Bertz CT molecular complexity index is 289. The SMILES string of the molecule is CCCOCc1nc(N)cc(CC)n1. The van der Waals surface area contributed by atoms with E-state index in [-0.39, 0.29) is 0 Å². The lowest BCUT2D eigenvalue weighted by atomic mass is 10.3. The zero-order chi connectivity index (χ0) is 10.4. The number of anilines is 1. The molecule has 0 radical (unpaired) electrons. The molecule has 14 heavy (non-hydrogen) atoms. The molecule has 1 aromatic rings. The summed E-state index contributed by atoms with van der Waals surface area (Å²) in [5, 5.41) is 0. The summed E-state index contributed by atoms with van der Waals surface area (Å²) >= 11 is 0. The third-order valence-electron chi connectivity index (χ3n) is 1.79. The van der Waals surface area contributed by atoms with Crippen molar-refractivity contribution in [2.45, 2.75) is 33.3 Å². The molecule has 2 N–H and O–H groups in total. The summed E-state index contributed by atoms with van der Waals surface area (Å²) in [6, 6.07) is 1.79. The largest absolute Gasteiger partial charge is 0.384 e. The normalized spacial score (nSPS) is 10.4. The summed E-state index contributed by atoms with van der Waals surface area (Å²) in [4.78, 5) is 8.40. The highest BCUT2D eigenvalue weighted by atomic mass is 16.5. The first-order valence-corrected chi connectivity index (χ1v) is 4.96. The molecule has 0 aliphatic carbocycles. The van der Waals surface area contributed by atoms with Crippen molar-refractivity contribution in [1.82, 2.24) is 9.97 Å². The van der Waals surface area contributed by atoms with E-state index in [1.807, 2.05) is 6.92 Å². The Hall–Kier alpha value is -1.16. The first kappa shape index (κ1) is 10.9. The Kier molecular flexibility index (Phi) is 4.32. The van der Waals surface area contributed by atoms with Crippen LogP contribution >= 0.6 is 0 Å².